The van der Waals surface area contributed by atoms with Gasteiger partial charge in [0.05, 0.1) is 4.47 Å². The molecule has 1 aromatic carbocycles. The average molecular weight is 259 g/mol. The van der Waals surface area contributed by atoms with Gasteiger partial charge in [-0.2, -0.15) is 0 Å². The molecular formula is C10H15BrN2O. The van der Waals surface area contributed by atoms with E-state index in [-0.39, 0.29) is 11.8 Å². The van der Waals surface area contributed by atoms with Crippen LogP contribution < -0.4 is 11.5 Å². The summed E-state index contributed by atoms with van der Waals surface area (Å²) in [4.78, 5) is 0. The lowest BCUT2D eigenvalue weighted by molar-refractivity contribution is 0.454. The average Bonchev–Trinajstić information content (AvgIpc) is 2.18. The second kappa shape index (κ2) is 5.34. The number of para-hydroxylation sites is 1. The maximum absolute atomic E-state index is 9.71. The molecule has 4 heteroatoms. The second-order valence-electron chi connectivity index (χ2n) is 3.22. The summed E-state index contributed by atoms with van der Waals surface area (Å²) in [6.07, 6.45) is 1.66. The lowest BCUT2D eigenvalue weighted by atomic mass is 10.0. The summed E-state index contributed by atoms with van der Waals surface area (Å²) in [5.41, 5.74) is 12.1. The maximum atomic E-state index is 9.71. The SMILES string of the molecule is NCCC[C@H](N)c1cccc(Br)c1O. The van der Waals surface area contributed by atoms with Crippen LogP contribution in [0.5, 0.6) is 5.75 Å². The van der Waals surface area contributed by atoms with E-state index in [1.54, 1.807) is 6.07 Å². The summed E-state index contributed by atoms with van der Waals surface area (Å²) in [5, 5.41) is 9.71. The van der Waals surface area contributed by atoms with E-state index >= 15 is 0 Å². The highest BCUT2D eigenvalue weighted by atomic mass is 79.9. The van der Waals surface area contributed by atoms with Gasteiger partial charge in [-0.05, 0) is 41.4 Å². The number of phenolic OH excluding ortho intramolecular Hbond substituents is 1. The van der Waals surface area contributed by atoms with Crippen LogP contribution >= 0.6 is 15.9 Å². The highest BCUT2D eigenvalue weighted by Gasteiger charge is 2.11. The highest BCUT2D eigenvalue weighted by molar-refractivity contribution is 9.10. The first-order valence-corrected chi connectivity index (χ1v) is 5.39. The molecule has 0 fully saturated rings. The third-order valence-corrected chi connectivity index (χ3v) is 2.78. The Labute approximate surface area is 92.2 Å². The van der Waals surface area contributed by atoms with Crippen LogP contribution in [0.15, 0.2) is 22.7 Å². The number of hydrogen-bond donors (Lipinski definition) is 3. The molecule has 1 rings (SSSR count). The first-order valence-electron chi connectivity index (χ1n) is 4.60. The normalized spacial score (nSPS) is 12.8. The molecule has 0 saturated heterocycles. The monoisotopic (exact) mass is 258 g/mol. The molecule has 0 aromatic heterocycles. The van der Waals surface area contributed by atoms with Crippen molar-refractivity contribution in [2.45, 2.75) is 18.9 Å². The molecule has 3 nitrogen and oxygen atoms in total. The fraction of sp³-hybridized carbons (Fsp3) is 0.400. The Hall–Kier alpha value is -0.580. The van der Waals surface area contributed by atoms with Gasteiger partial charge in [-0.15, -0.1) is 0 Å². The van der Waals surface area contributed by atoms with Crippen LogP contribution in [0.2, 0.25) is 0 Å². The van der Waals surface area contributed by atoms with Crippen molar-refractivity contribution in [2.75, 3.05) is 6.54 Å². The molecule has 78 valence electrons. The summed E-state index contributed by atoms with van der Waals surface area (Å²) < 4.78 is 0.679. The lowest BCUT2D eigenvalue weighted by Gasteiger charge is -2.13. The van der Waals surface area contributed by atoms with Gasteiger partial charge in [0, 0.05) is 11.6 Å². The van der Waals surface area contributed by atoms with Gasteiger partial charge in [0.25, 0.3) is 0 Å². The minimum absolute atomic E-state index is 0.143. The van der Waals surface area contributed by atoms with Crippen LogP contribution in [-0.4, -0.2) is 11.7 Å². The van der Waals surface area contributed by atoms with E-state index in [0.29, 0.717) is 11.0 Å². The smallest absolute Gasteiger partial charge is 0.134 e. The van der Waals surface area contributed by atoms with E-state index in [2.05, 4.69) is 15.9 Å². The van der Waals surface area contributed by atoms with Crippen molar-refractivity contribution in [3.05, 3.63) is 28.2 Å². The third-order valence-electron chi connectivity index (χ3n) is 2.14. The summed E-state index contributed by atoms with van der Waals surface area (Å²) in [7, 11) is 0. The van der Waals surface area contributed by atoms with Crippen LogP contribution in [0, 0.1) is 0 Å². The lowest BCUT2D eigenvalue weighted by Crippen LogP contribution is -2.12. The molecule has 0 aliphatic carbocycles. The van der Waals surface area contributed by atoms with E-state index in [4.69, 9.17) is 11.5 Å². The molecule has 1 aromatic rings. The Kier molecular flexibility index (Phi) is 4.38. The summed E-state index contributed by atoms with van der Waals surface area (Å²) >= 11 is 3.25. The van der Waals surface area contributed by atoms with Gasteiger partial charge in [-0.3, -0.25) is 0 Å². The summed E-state index contributed by atoms with van der Waals surface area (Å²) in [6.45, 7) is 0.627. The zero-order valence-electron chi connectivity index (χ0n) is 7.91. The fourth-order valence-corrected chi connectivity index (χ4v) is 1.71. The minimum Gasteiger partial charge on any atom is -0.506 e. The van der Waals surface area contributed by atoms with Crippen molar-refractivity contribution in [3.8, 4) is 5.75 Å². The van der Waals surface area contributed by atoms with Crippen molar-refractivity contribution in [1.29, 1.82) is 0 Å². The standard InChI is InChI=1S/C10H15BrN2O/c11-8-4-1-3-7(10(8)14)9(13)5-2-6-12/h1,3-4,9,14H,2,5-6,12-13H2/t9-/m0/s1. The minimum atomic E-state index is -0.143. The van der Waals surface area contributed by atoms with Gasteiger partial charge in [-0.1, -0.05) is 12.1 Å². The Balaban J connectivity index is 2.79. The Morgan fingerprint density at radius 3 is 2.79 bits per heavy atom. The molecule has 0 radical (unpaired) electrons. The van der Waals surface area contributed by atoms with Gasteiger partial charge in [0.1, 0.15) is 5.75 Å². The third kappa shape index (κ3) is 2.70. The molecule has 0 aliphatic rings. The van der Waals surface area contributed by atoms with Crippen LogP contribution in [0.25, 0.3) is 0 Å². The van der Waals surface area contributed by atoms with Crippen LogP contribution in [0.1, 0.15) is 24.4 Å². The van der Waals surface area contributed by atoms with E-state index in [1.807, 2.05) is 12.1 Å². The topological polar surface area (TPSA) is 72.3 Å². The number of rotatable bonds is 4. The zero-order chi connectivity index (χ0) is 10.6. The van der Waals surface area contributed by atoms with Gasteiger partial charge in [0.15, 0.2) is 0 Å². The number of halogens is 1. The maximum Gasteiger partial charge on any atom is 0.134 e. The number of benzene rings is 1. The number of hydrogen-bond acceptors (Lipinski definition) is 3. The first-order chi connectivity index (χ1) is 6.66. The molecule has 14 heavy (non-hydrogen) atoms. The van der Waals surface area contributed by atoms with Crippen molar-refractivity contribution in [3.63, 3.8) is 0 Å². The van der Waals surface area contributed by atoms with E-state index in [9.17, 15) is 5.11 Å². The van der Waals surface area contributed by atoms with Gasteiger partial charge in [0.2, 0.25) is 0 Å². The first kappa shape index (κ1) is 11.5. The van der Waals surface area contributed by atoms with Gasteiger partial charge in [-0.25, -0.2) is 0 Å². The molecule has 0 bridgehead atoms. The molecule has 0 amide bonds. The van der Waals surface area contributed by atoms with Crippen molar-refractivity contribution < 1.29 is 5.11 Å². The Bertz CT molecular complexity index is 304. The largest absolute Gasteiger partial charge is 0.506 e. The van der Waals surface area contributed by atoms with E-state index in [1.165, 1.54) is 0 Å². The molecule has 0 heterocycles. The molecular weight excluding hydrogens is 244 g/mol. The predicted octanol–water partition coefficient (Wildman–Crippen LogP) is 1.89. The number of aromatic hydroxyl groups is 1. The second-order valence-corrected chi connectivity index (χ2v) is 4.07. The molecule has 0 aliphatic heterocycles. The number of nitrogens with two attached hydrogens (primary N) is 2. The fourth-order valence-electron chi connectivity index (χ4n) is 1.32. The van der Waals surface area contributed by atoms with E-state index < -0.39 is 0 Å². The van der Waals surface area contributed by atoms with Gasteiger partial charge < -0.3 is 16.6 Å². The van der Waals surface area contributed by atoms with Crippen LogP contribution in [0.4, 0.5) is 0 Å². The van der Waals surface area contributed by atoms with Crippen molar-refractivity contribution in [1.82, 2.24) is 0 Å². The Morgan fingerprint density at radius 1 is 1.43 bits per heavy atom. The molecule has 0 unspecified atom stereocenters. The van der Waals surface area contributed by atoms with Crippen molar-refractivity contribution in [2.24, 2.45) is 11.5 Å². The predicted molar refractivity (Wildman–Crippen MR) is 61.0 cm³/mol. The van der Waals surface area contributed by atoms with Crippen LogP contribution in [-0.2, 0) is 0 Å². The van der Waals surface area contributed by atoms with Gasteiger partial charge >= 0.3 is 0 Å². The quantitative estimate of drug-likeness (QED) is 0.773. The molecule has 1 atom stereocenters. The molecule has 5 N–H and O–H groups in total. The molecule has 0 saturated carbocycles. The number of phenols is 1. The summed E-state index contributed by atoms with van der Waals surface area (Å²) in [6, 6.07) is 5.34. The zero-order valence-corrected chi connectivity index (χ0v) is 9.50. The van der Waals surface area contributed by atoms with Crippen LogP contribution in [0.3, 0.4) is 0 Å². The molecule has 0 spiro atoms. The highest BCUT2D eigenvalue weighted by Crippen LogP contribution is 2.32. The van der Waals surface area contributed by atoms with Crippen molar-refractivity contribution >= 4 is 15.9 Å². The van der Waals surface area contributed by atoms with E-state index in [0.717, 1.165) is 18.4 Å². The Morgan fingerprint density at radius 2 is 2.14 bits per heavy atom. The summed E-state index contributed by atoms with van der Waals surface area (Å²) in [5.74, 6) is 0.233.